The topological polar surface area (TPSA) is 105 Å². The molecule has 0 bridgehead atoms. The summed E-state index contributed by atoms with van der Waals surface area (Å²) in [6.45, 7) is 3.79. The highest BCUT2D eigenvalue weighted by atomic mass is 16.5. The van der Waals surface area contributed by atoms with Gasteiger partial charge in [0.2, 0.25) is 17.7 Å². The molecule has 148 valence electrons. The van der Waals surface area contributed by atoms with Crippen LogP contribution >= 0.6 is 0 Å². The van der Waals surface area contributed by atoms with Crippen LogP contribution in [0.3, 0.4) is 0 Å². The van der Waals surface area contributed by atoms with Crippen molar-refractivity contribution < 1.29 is 4.52 Å². The highest BCUT2D eigenvalue weighted by molar-refractivity contribution is 5.94. The summed E-state index contributed by atoms with van der Waals surface area (Å²) in [7, 11) is 0. The predicted molar refractivity (Wildman–Crippen MR) is 110 cm³/mol. The Morgan fingerprint density at radius 2 is 1.93 bits per heavy atom. The first-order chi connectivity index (χ1) is 14.2. The van der Waals surface area contributed by atoms with Crippen LogP contribution in [0.5, 0.6) is 0 Å². The fourth-order valence-corrected chi connectivity index (χ4v) is 3.94. The molecule has 8 heteroatoms. The van der Waals surface area contributed by atoms with Crippen LogP contribution in [0.1, 0.15) is 43.6 Å². The van der Waals surface area contributed by atoms with E-state index >= 15 is 0 Å². The van der Waals surface area contributed by atoms with E-state index in [4.69, 9.17) is 9.51 Å². The van der Waals surface area contributed by atoms with Gasteiger partial charge in [0.1, 0.15) is 11.3 Å². The summed E-state index contributed by atoms with van der Waals surface area (Å²) in [5.41, 5.74) is 4.38. The lowest BCUT2D eigenvalue weighted by atomic mass is 9.96. The lowest BCUT2D eigenvalue weighted by Gasteiger charge is -2.23. The number of H-pyrrole nitrogens is 1. The van der Waals surface area contributed by atoms with Crippen LogP contribution in [0, 0.1) is 13.8 Å². The normalized spacial score (nSPS) is 15.1. The van der Waals surface area contributed by atoms with Gasteiger partial charge in [-0.05, 0) is 37.5 Å². The number of fused-ring (bicyclic) bond motifs is 1. The Labute approximate surface area is 168 Å². The first kappa shape index (κ1) is 17.8. The van der Waals surface area contributed by atoms with E-state index in [0.29, 0.717) is 29.4 Å². The summed E-state index contributed by atoms with van der Waals surface area (Å²) >= 11 is 0. The Kier molecular flexibility index (Phi) is 4.46. The maximum absolute atomic E-state index is 5.06. The maximum Gasteiger partial charge on any atom is 0.223 e. The van der Waals surface area contributed by atoms with E-state index in [1.165, 1.54) is 32.1 Å². The van der Waals surface area contributed by atoms with E-state index in [1.807, 2.05) is 31.5 Å². The molecule has 0 spiro atoms. The molecule has 29 heavy (non-hydrogen) atoms. The molecule has 0 amide bonds. The zero-order valence-corrected chi connectivity index (χ0v) is 16.6. The Balaban J connectivity index is 1.49. The molecule has 0 unspecified atom stereocenters. The number of aromatic nitrogens is 6. The SMILES string of the molecule is Cc1nc(-c2ccc3c(-c4nc(NC5CCCCC5)ncc4C)c[nH]c3n2)no1. The Morgan fingerprint density at radius 3 is 2.72 bits per heavy atom. The molecule has 0 atom stereocenters. The number of aryl methyl sites for hydroxylation is 2. The van der Waals surface area contributed by atoms with Gasteiger partial charge >= 0.3 is 0 Å². The van der Waals surface area contributed by atoms with Crippen molar-refractivity contribution in [1.82, 2.24) is 30.1 Å². The van der Waals surface area contributed by atoms with Crippen LogP contribution < -0.4 is 5.32 Å². The number of anilines is 1. The second-order valence-electron chi connectivity index (χ2n) is 7.64. The predicted octanol–water partition coefficient (Wildman–Crippen LogP) is 4.43. The highest BCUT2D eigenvalue weighted by Gasteiger charge is 2.17. The van der Waals surface area contributed by atoms with Crippen molar-refractivity contribution in [2.24, 2.45) is 0 Å². The summed E-state index contributed by atoms with van der Waals surface area (Å²) in [5, 5.41) is 8.46. The number of aromatic amines is 1. The highest BCUT2D eigenvalue weighted by Crippen LogP contribution is 2.31. The number of hydrogen-bond acceptors (Lipinski definition) is 7. The van der Waals surface area contributed by atoms with E-state index in [1.54, 1.807) is 6.92 Å². The quantitative estimate of drug-likeness (QED) is 0.532. The van der Waals surface area contributed by atoms with Gasteiger partial charge in [0.15, 0.2) is 0 Å². The average molecular weight is 389 g/mol. The van der Waals surface area contributed by atoms with Gasteiger partial charge < -0.3 is 14.8 Å². The Bertz CT molecular complexity index is 1160. The van der Waals surface area contributed by atoms with Gasteiger partial charge in [0.05, 0.1) is 5.69 Å². The third-order valence-corrected chi connectivity index (χ3v) is 5.46. The number of rotatable bonds is 4. The molecule has 5 rings (SSSR count). The molecule has 0 aliphatic heterocycles. The van der Waals surface area contributed by atoms with Crippen molar-refractivity contribution in [1.29, 1.82) is 0 Å². The summed E-state index contributed by atoms with van der Waals surface area (Å²) in [5.74, 6) is 1.69. The molecule has 0 radical (unpaired) electrons. The number of nitrogens with one attached hydrogen (secondary N) is 2. The van der Waals surface area contributed by atoms with Gasteiger partial charge in [0.25, 0.3) is 0 Å². The number of pyridine rings is 1. The molecule has 4 aromatic heterocycles. The maximum atomic E-state index is 5.06. The van der Waals surface area contributed by atoms with Crippen molar-refractivity contribution in [3.63, 3.8) is 0 Å². The molecule has 1 fully saturated rings. The summed E-state index contributed by atoms with van der Waals surface area (Å²) in [4.78, 5) is 21.5. The fraction of sp³-hybridized carbons (Fsp3) is 0.381. The van der Waals surface area contributed by atoms with Crippen LogP contribution in [0.25, 0.3) is 33.8 Å². The van der Waals surface area contributed by atoms with Crippen molar-refractivity contribution in [2.45, 2.75) is 52.0 Å². The van der Waals surface area contributed by atoms with Crippen LogP contribution in [0.2, 0.25) is 0 Å². The minimum Gasteiger partial charge on any atom is -0.351 e. The van der Waals surface area contributed by atoms with E-state index in [-0.39, 0.29) is 0 Å². The average Bonchev–Trinajstić information content (AvgIpc) is 3.36. The molecule has 4 aromatic rings. The summed E-state index contributed by atoms with van der Waals surface area (Å²) < 4.78 is 5.06. The number of hydrogen-bond donors (Lipinski definition) is 2. The number of nitrogens with zero attached hydrogens (tertiary/aromatic N) is 5. The van der Waals surface area contributed by atoms with Gasteiger partial charge in [-0.2, -0.15) is 4.98 Å². The molecule has 4 heterocycles. The zero-order chi connectivity index (χ0) is 19.8. The lowest BCUT2D eigenvalue weighted by Crippen LogP contribution is -2.23. The first-order valence-corrected chi connectivity index (χ1v) is 10.1. The lowest BCUT2D eigenvalue weighted by molar-refractivity contribution is 0.394. The van der Waals surface area contributed by atoms with E-state index in [9.17, 15) is 0 Å². The fourth-order valence-electron chi connectivity index (χ4n) is 3.94. The Hall–Kier alpha value is -3.29. The van der Waals surface area contributed by atoms with Crippen LogP contribution in [-0.2, 0) is 0 Å². The minimum atomic E-state index is 0.463. The molecule has 1 aliphatic carbocycles. The van der Waals surface area contributed by atoms with Gasteiger partial charge in [0, 0.05) is 36.3 Å². The molecule has 0 saturated heterocycles. The first-order valence-electron chi connectivity index (χ1n) is 10.1. The van der Waals surface area contributed by atoms with Crippen molar-refractivity contribution in [2.75, 3.05) is 5.32 Å². The van der Waals surface area contributed by atoms with E-state index < -0.39 is 0 Å². The van der Waals surface area contributed by atoms with E-state index in [0.717, 1.165) is 27.9 Å². The smallest absolute Gasteiger partial charge is 0.223 e. The largest absolute Gasteiger partial charge is 0.351 e. The molecule has 2 N–H and O–H groups in total. The van der Waals surface area contributed by atoms with Crippen molar-refractivity contribution in [3.8, 4) is 22.8 Å². The van der Waals surface area contributed by atoms with Crippen molar-refractivity contribution >= 4 is 17.0 Å². The van der Waals surface area contributed by atoms with Gasteiger partial charge in [-0.25, -0.2) is 15.0 Å². The van der Waals surface area contributed by atoms with Crippen LogP contribution in [0.15, 0.2) is 29.0 Å². The van der Waals surface area contributed by atoms with Gasteiger partial charge in [-0.1, -0.05) is 24.4 Å². The molecule has 0 aromatic carbocycles. The summed E-state index contributed by atoms with van der Waals surface area (Å²) in [6.07, 6.45) is 10.1. The van der Waals surface area contributed by atoms with Crippen LogP contribution in [-0.4, -0.2) is 36.1 Å². The zero-order valence-electron chi connectivity index (χ0n) is 16.6. The summed E-state index contributed by atoms with van der Waals surface area (Å²) in [6, 6.07) is 4.39. The molecule has 1 aliphatic rings. The third kappa shape index (κ3) is 3.46. The van der Waals surface area contributed by atoms with Crippen molar-refractivity contribution in [3.05, 3.63) is 36.0 Å². The molecule has 1 saturated carbocycles. The molecule has 8 nitrogen and oxygen atoms in total. The minimum absolute atomic E-state index is 0.463. The van der Waals surface area contributed by atoms with Gasteiger partial charge in [-0.3, -0.25) is 0 Å². The monoisotopic (exact) mass is 389 g/mol. The second kappa shape index (κ2) is 7.27. The standard InChI is InChI=1S/C21H23N7O/c1-12-10-23-21(25-14-6-4-3-5-7-14)27-18(12)16-11-22-19-15(16)8-9-17(26-19)20-24-13(2)29-28-20/h8-11,14H,3-7H2,1-2H3,(H,22,26)(H,23,25,27). The van der Waals surface area contributed by atoms with Crippen LogP contribution in [0.4, 0.5) is 5.95 Å². The Morgan fingerprint density at radius 1 is 1.07 bits per heavy atom. The van der Waals surface area contributed by atoms with Gasteiger partial charge in [-0.15, -0.1) is 0 Å². The van der Waals surface area contributed by atoms with E-state index in [2.05, 4.69) is 30.4 Å². The third-order valence-electron chi connectivity index (χ3n) is 5.46. The molecular weight excluding hydrogens is 366 g/mol. The molecular formula is C21H23N7O. The second-order valence-corrected chi connectivity index (χ2v) is 7.64.